The maximum absolute atomic E-state index is 12.9. The number of hydrogen-bond acceptors (Lipinski definition) is 2. The lowest BCUT2D eigenvalue weighted by Crippen LogP contribution is -2.46. The summed E-state index contributed by atoms with van der Waals surface area (Å²) < 4.78 is 99.1. The minimum absolute atomic E-state index is 0.0162. The quantitative estimate of drug-likeness (QED) is 0.837. The summed E-state index contributed by atoms with van der Waals surface area (Å²) in [6.07, 6.45) is 0. The van der Waals surface area contributed by atoms with Crippen molar-refractivity contribution in [3.8, 4) is 0 Å². The van der Waals surface area contributed by atoms with Crippen LogP contribution in [0.15, 0.2) is 24.3 Å². The van der Waals surface area contributed by atoms with Crippen molar-refractivity contribution in [1.82, 2.24) is 5.32 Å². The molecule has 2 nitrogen and oxygen atoms in total. The van der Waals surface area contributed by atoms with E-state index in [1.807, 2.05) is 0 Å². The Morgan fingerprint density at radius 3 is 2.88 bits per heavy atom. The fraction of sp³-hybridized carbons (Fsp3) is 0.462. The molecule has 1 aromatic rings. The van der Waals surface area contributed by atoms with E-state index in [4.69, 9.17) is 29.4 Å². The monoisotopic (exact) mass is 252 g/mol. The Hall–Kier alpha value is -0.860. The third-order valence-corrected chi connectivity index (χ3v) is 1.86. The molecule has 0 aliphatic heterocycles. The summed E-state index contributed by atoms with van der Waals surface area (Å²) in [4.78, 5) is 12.9. The lowest BCUT2D eigenvalue weighted by atomic mass is 10.0. The number of hydrogen-bond donors (Lipinski definition) is 1. The predicted octanol–water partition coefficient (Wildman–Crippen LogP) is 3.30. The third-order valence-electron chi connectivity index (χ3n) is 1.63. The van der Waals surface area contributed by atoms with Gasteiger partial charge in [0.2, 0.25) is 0 Å². The molecule has 0 aromatic heterocycles. The van der Waals surface area contributed by atoms with E-state index in [1.165, 1.54) is 17.4 Å². The molecule has 3 heteroatoms. The maximum Gasteiger partial charge on any atom is 0.179 e. The number of Topliss-reactive ketones (excluding diaryl/α,β-unsaturated/α-hetero) is 1. The topological polar surface area (TPSA) is 29.1 Å². The van der Waals surface area contributed by atoms with Gasteiger partial charge < -0.3 is 5.32 Å². The average molecular weight is 253 g/mol. The van der Waals surface area contributed by atoms with Gasteiger partial charge in [0.1, 0.15) is 0 Å². The molecule has 0 aliphatic carbocycles. The fourth-order valence-electron chi connectivity index (χ4n) is 1.02. The van der Waals surface area contributed by atoms with E-state index in [9.17, 15) is 4.79 Å². The maximum atomic E-state index is 12.9. The zero-order chi connectivity index (χ0) is 23.3. The summed E-state index contributed by atoms with van der Waals surface area (Å²) in [5.41, 5.74) is -4.34. The van der Waals surface area contributed by atoms with E-state index < -0.39 is 50.3 Å². The van der Waals surface area contributed by atoms with Crippen molar-refractivity contribution in [3.63, 3.8) is 0 Å². The van der Waals surface area contributed by atoms with E-state index >= 15 is 0 Å². The molecule has 0 saturated heterocycles. The Balaban J connectivity index is 3.85. The minimum atomic E-state index is -3.89. The molecule has 16 heavy (non-hydrogen) atoms. The van der Waals surface area contributed by atoms with Gasteiger partial charge in [-0.25, -0.2) is 0 Å². The van der Waals surface area contributed by atoms with Crippen molar-refractivity contribution in [2.45, 2.75) is 39.0 Å². The van der Waals surface area contributed by atoms with E-state index in [-0.39, 0.29) is 5.02 Å². The minimum Gasteiger partial charge on any atom is -0.303 e. The van der Waals surface area contributed by atoms with Gasteiger partial charge in [0.15, 0.2) is 5.78 Å². The smallest absolute Gasteiger partial charge is 0.179 e. The molecule has 1 rings (SSSR count). The second kappa shape index (κ2) is 4.98. The van der Waals surface area contributed by atoms with Crippen LogP contribution in [0.1, 0.15) is 55.6 Å². The zero-order valence-corrected chi connectivity index (χ0v) is 8.85. The standard InChI is InChI=1S/C13H18ClNO/c1-9(15-13(2,3)4)12(16)10-6-5-7-11(14)8-10/h5-9,15H,1-4H3/t9-/m1/s1/i1D3,2D3,3D3,4D3,9D. The first-order valence-electron chi connectivity index (χ1n) is 10.7. The van der Waals surface area contributed by atoms with Gasteiger partial charge in [0.25, 0.3) is 0 Å². The van der Waals surface area contributed by atoms with E-state index in [1.54, 1.807) is 0 Å². The number of carbonyl (C=O) groups is 1. The molecule has 0 saturated carbocycles. The van der Waals surface area contributed by atoms with Crippen molar-refractivity contribution in [2.75, 3.05) is 0 Å². The molecule has 0 amide bonds. The Morgan fingerprint density at radius 2 is 2.31 bits per heavy atom. The average Bonchev–Trinajstić information content (AvgIpc) is 2.46. The van der Waals surface area contributed by atoms with Crippen LogP contribution in [-0.4, -0.2) is 17.3 Å². The van der Waals surface area contributed by atoms with Crippen molar-refractivity contribution in [1.29, 1.82) is 0 Å². The van der Waals surface area contributed by atoms with Crippen LogP contribution in [0.25, 0.3) is 0 Å². The lowest BCUT2D eigenvalue weighted by Gasteiger charge is -2.25. The Morgan fingerprint density at radius 1 is 1.56 bits per heavy atom. The highest BCUT2D eigenvalue weighted by Crippen LogP contribution is 2.13. The molecular formula is C13H18ClNO. The van der Waals surface area contributed by atoms with Crippen molar-refractivity contribution in [3.05, 3.63) is 34.9 Å². The molecule has 1 aromatic carbocycles. The number of ketones is 1. The van der Waals surface area contributed by atoms with Crippen LogP contribution < -0.4 is 5.32 Å². The van der Waals surface area contributed by atoms with Crippen LogP contribution in [0.5, 0.6) is 0 Å². The molecule has 1 atom stereocenters. The van der Waals surface area contributed by atoms with Crippen LogP contribution in [-0.2, 0) is 0 Å². The van der Waals surface area contributed by atoms with Gasteiger partial charge in [-0.2, -0.15) is 0 Å². The number of nitrogens with one attached hydrogen (secondary N) is 1. The first-order valence-corrected chi connectivity index (χ1v) is 4.59. The summed E-state index contributed by atoms with van der Waals surface area (Å²) in [6.45, 7) is -15.2. The van der Waals surface area contributed by atoms with Crippen molar-refractivity contribution >= 4 is 17.4 Å². The van der Waals surface area contributed by atoms with Crippen LogP contribution in [0.2, 0.25) is 5.02 Å². The first kappa shape index (κ1) is 3.82. The summed E-state index contributed by atoms with van der Waals surface area (Å²) in [7, 11) is 0. The zero-order valence-electron chi connectivity index (χ0n) is 21.1. The van der Waals surface area contributed by atoms with Gasteiger partial charge in [-0.15, -0.1) is 0 Å². The number of halogens is 1. The largest absolute Gasteiger partial charge is 0.303 e. The number of benzene rings is 1. The predicted molar refractivity (Wildman–Crippen MR) is 68.1 cm³/mol. The highest BCUT2D eigenvalue weighted by molar-refractivity contribution is 6.31. The van der Waals surface area contributed by atoms with Crippen LogP contribution >= 0.6 is 11.6 Å². The molecule has 0 aliphatic rings. The fourth-order valence-corrected chi connectivity index (χ4v) is 1.21. The van der Waals surface area contributed by atoms with Gasteiger partial charge in [-0.05, 0) is 39.5 Å². The highest BCUT2D eigenvalue weighted by Gasteiger charge is 2.20. The number of carbonyl (C=O) groups excluding carboxylic acids is 1. The molecule has 0 bridgehead atoms. The van der Waals surface area contributed by atoms with E-state index in [0.717, 1.165) is 12.1 Å². The molecule has 88 valence electrons. The molecule has 0 spiro atoms. The normalized spacial score (nSPS) is 30.7. The van der Waals surface area contributed by atoms with Crippen LogP contribution in [0.3, 0.4) is 0 Å². The molecule has 0 unspecified atom stereocenters. The SMILES string of the molecule is [2H]C([2H])([2H])C(N[C@@]([2H])(C(=O)c1cccc(Cl)c1)C([2H])([2H])[2H])(C([2H])([2H])[2H])C([2H])([2H])[2H]. The van der Waals surface area contributed by atoms with E-state index in [0.29, 0.717) is 0 Å². The first-order chi connectivity index (χ1) is 12.6. The van der Waals surface area contributed by atoms with Gasteiger partial charge in [-0.3, -0.25) is 4.79 Å². The Kier molecular flexibility index (Phi) is 1.19. The van der Waals surface area contributed by atoms with Crippen LogP contribution in [0.4, 0.5) is 0 Å². The second-order valence-corrected chi connectivity index (χ2v) is 3.53. The highest BCUT2D eigenvalue weighted by atomic mass is 35.5. The lowest BCUT2D eigenvalue weighted by molar-refractivity contribution is 0.0936. The Bertz CT molecular complexity index is 728. The van der Waals surface area contributed by atoms with Crippen LogP contribution in [0, 0.1) is 0 Å². The van der Waals surface area contributed by atoms with E-state index in [2.05, 4.69) is 0 Å². The van der Waals surface area contributed by atoms with Gasteiger partial charge in [-0.1, -0.05) is 23.7 Å². The second-order valence-electron chi connectivity index (χ2n) is 3.09. The Labute approximate surface area is 120 Å². The van der Waals surface area contributed by atoms with Gasteiger partial charge >= 0.3 is 0 Å². The molecule has 1 N–H and O–H groups in total. The summed E-state index contributed by atoms with van der Waals surface area (Å²) in [5, 5.41) is 1.43. The number of rotatable bonds is 3. The van der Waals surface area contributed by atoms with Gasteiger partial charge in [0, 0.05) is 32.6 Å². The molecule has 0 heterocycles. The third kappa shape index (κ3) is 3.95. The van der Waals surface area contributed by atoms with Crippen molar-refractivity contribution < 1.29 is 22.6 Å². The van der Waals surface area contributed by atoms with Gasteiger partial charge in [0.05, 0.1) is 7.39 Å². The molecular weight excluding hydrogens is 222 g/mol. The summed E-state index contributed by atoms with van der Waals surface area (Å²) in [5.74, 6) is -1.57. The summed E-state index contributed by atoms with van der Waals surface area (Å²) >= 11 is 5.76. The van der Waals surface area contributed by atoms with Crippen molar-refractivity contribution in [2.24, 2.45) is 0 Å². The molecule has 0 radical (unpaired) electrons. The molecule has 0 fully saturated rings. The summed E-state index contributed by atoms with van der Waals surface area (Å²) in [6, 6.07) is 1.02.